The van der Waals surface area contributed by atoms with E-state index in [0.29, 0.717) is 41.8 Å². The van der Waals surface area contributed by atoms with Gasteiger partial charge in [-0.3, -0.25) is 14.9 Å². The molecule has 5 rings (SSSR count). The number of hydrogen-bond donors (Lipinski definition) is 1. The number of barbiturate groups is 1. The highest BCUT2D eigenvalue weighted by Gasteiger charge is 2.37. The molecule has 0 atom stereocenters. The van der Waals surface area contributed by atoms with Crippen molar-refractivity contribution in [1.29, 1.82) is 0 Å². The highest BCUT2D eigenvalue weighted by atomic mass is 127. The van der Waals surface area contributed by atoms with E-state index in [0.717, 1.165) is 17.6 Å². The third-order valence-corrected chi connectivity index (χ3v) is 7.18. The molecule has 0 aromatic heterocycles. The van der Waals surface area contributed by atoms with Crippen LogP contribution in [0.5, 0.6) is 23.0 Å². The summed E-state index contributed by atoms with van der Waals surface area (Å²) in [6.07, 6.45) is 1.43. The van der Waals surface area contributed by atoms with Gasteiger partial charge in [0.25, 0.3) is 11.8 Å². The molecule has 0 unspecified atom stereocenters. The number of urea groups is 1. The van der Waals surface area contributed by atoms with Crippen LogP contribution in [0.4, 0.5) is 10.5 Å². The fourth-order valence-corrected chi connectivity index (χ4v) is 5.03. The first-order valence-corrected chi connectivity index (χ1v) is 13.6. The van der Waals surface area contributed by atoms with Crippen LogP contribution < -0.4 is 29.2 Å². The first-order valence-electron chi connectivity index (χ1n) is 11.5. The molecule has 1 N–H and O–H groups in total. The molecule has 194 valence electrons. The maximum Gasteiger partial charge on any atom is 0.335 e. The number of nitrogens with one attached hydrogen (secondary N) is 1. The van der Waals surface area contributed by atoms with Crippen LogP contribution in [0.15, 0.2) is 60.2 Å². The maximum absolute atomic E-state index is 13.3. The quantitative estimate of drug-likeness (QED) is 0.200. The Morgan fingerprint density at radius 3 is 2.50 bits per heavy atom. The SMILES string of the molecule is CCOc1cc(/C=C2\C(=O)NC(=O)N(c3ccc4c(c3)OCO4)C2=O)cc(I)c1OCc1ccc(I)cc1. The molecule has 1 saturated heterocycles. The average molecular weight is 738 g/mol. The van der Waals surface area contributed by atoms with Crippen molar-refractivity contribution in [1.82, 2.24) is 5.32 Å². The van der Waals surface area contributed by atoms with Gasteiger partial charge in [0.1, 0.15) is 12.2 Å². The number of benzene rings is 3. The van der Waals surface area contributed by atoms with E-state index in [9.17, 15) is 14.4 Å². The second-order valence-electron chi connectivity index (χ2n) is 8.17. The van der Waals surface area contributed by atoms with Crippen molar-refractivity contribution in [2.24, 2.45) is 0 Å². The van der Waals surface area contributed by atoms with Crippen LogP contribution in [-0.2, 0) is 16.2 Å². The summed E-state index contributed by atoms with van der Waals surface area (Å²) in [5, 5.41) is 2.23. The number of halogens is 2. The summed E-state index contributed by atoms with van der Waals surface area (Å²) in [5.74, 6) is 0.401. The summed E-state index contributed by atoms with van der Waals surface area (Å²) < 4.78 is 24.4. The van der Waals surface area contributed by atoms with Gasteiger partial charge in [0.05, 0.1) is 15.9 Å². The number of nitrogens with zero attached hydrogens (tertiary/aromatic N) is 1. The molecular formula is C27H20I2N2O7. The Labute approximate surface area is 245 Å². The van der Waals surface area contributed by atoms with E-state index in [4.69, 9.17) is 18.9 Å². The maximum atomic E-state index is 13.3. The van der Waals surface area contributed by atoms with Gasteiger partial charge in [-0.25, -0.2) is 9.69 Å². The molecule has 0 spiro atoms. The minimum atomic E-state index is -0.847. The standard InChI is InChI=1S/C27H20I2N2O7/c1-2-35-23-11-16(10-20(29)24(23)36-13-15-3-5-17(28)6-4-15)9-19-25(32)30-27(34)31(26(19)33)18-7-8-21-22(12-18)38-14-37-21/h3-12H,2,13-14H2,1H3,(H,30,32,34)/b19-9+. The van der Waals surface area contributed by atoms with Crippen LogP contribution in [0.3, 0.4) is 0 Å². The number of fused-ring (bicyclic) bond motifs is 1. The Hall–Kier alpha value is -3.33. The minimum absolute atomic E-state index is 0.0494. The summed E-state index contributed by atoms with van der Waals surface area (Å²) >= 11 is 4.37. The van der Waals surface area contributed by atoms with Crippen molar-refractivity contribution in [3.05, 3.63) is 78.4 Å². The summed E-state index contributed by atoms with van der Waals surface area (Å²) in [7, 11) is 0. The highest BCUT2D eigenvalue weighted by Crippen LogP contribution is 2.38. The van der Waals surface area contributed by atoms with Crippen LogP contribution in [0.1, 0.15) is 18.1 Å². The molecule has 38 heavy (non-hydrogen) atoms. The van der Waals surface area contributed by atoms with Crippen LogP contribution in [-0.4, -0.2) is 31.2 Å². The molecule has 0 aliphatic carbocycles. The van der Waals surface area contributed by atoms with Gasteiger partial charge in [-0.2, -0.15) is 0 Å². The normalized spacial score (nSPS) is 15.6. The van der Waals surface area contributed by atoms with Gasteiger partial charge in [0.2, 0.25) is 6.79 Å². The van der Waals surface area contributed by atoms with Crippen molar-refractivity contribution in [3.63, 3.8) is 0 Å². The third-order valence-electron chi connectivity index (χ3n) is 5.66. The van der Waals surface area contributed by atoms with E-state index in [2.05, 4.69) is 50.5 Å². The van der Waals surface area contributed by atoms with E-state index in [1.165, 1.54) is 12.1 Å². The van der Waals surface area contributed by atoms with Crippen molar-refractivity contribution < 1.29 is 33.3 Å². The molecule has 9 nitrogen and oxygen atoms in total. The Balaban J connectivity index is 1.44. The molecular weight excluding hydrogens is 718 g/mol. The van der Waals surface area contributed by atoms with E-state index >= 15 is 0 Å². The van der Waals surface area contributed by atoms with Crippen molar-refractivity contribution in [2.45, 2.75) is 13.5 Å². The monoisotopic (exact) mass is 738 g/mol. The van der Waals surface area contributed by atoms with Gasteiger partial charge in [-0.1, -0.05) is 12.1 Å². The largest absolute Gasteiger partial charge is 0.490 e. The topological polar surface area (TPSA) is 103 Å². The summed E-state index contributed by atoms with van der Waals surface area (Å²) in [5.41, 5.74) is 1.60. The number of carbonyl (C=O) groups is 3. The first-order chi connectivity index (χ1) is 18.3. The third kappa shape index (κ3) is 5.43. The minimum Gasteiger partial charge on any atom is -0.490 e. The molecule has 2 aliphatic heterocycles. The fraction of sp³-hybridized carbons (Fsp3) is 0.148. The Morgan fingerprint density at radius 2 is 1.74 bits per heavy atom. The number of carbonyl (C=O) groups excluding carboxylic acids is 3. The predicted molar refractivity (Wildman–Crippen MR) is 155 cm³/mol. The van der Waals surface area contributed by atoms with Crippen LogP contribution in [0, 0.1) is 7.14 Å². The van der Waals surface area contributed by atoms with Gasteiger partial charge in [-0.15, -0.1) is 0 Å². The van der Waals surface area contributed by atoms with E-state index < -0.39 is 17.8 Å². The molecule has 0 bridgehead atoms. The number of anilines is 1. The number of amides is 4. The van der Waals surface area contributed by atoms with Gasteiger partial charge in [0, 0.05) is 9.64 Å². The molecule has 1 fully saturated rings. The van der Waals surface area contributed by atoms with Gasteiger partial charge in [0.15, 0.2) is 23.0 Å². The molecule has 0 saturated carbocycles. The number of hydrogen-bond acceptors (Lipinski definition) is 7. The lowest BCUT2D eigenvalue weighted by Gasteiger charge is -2.26. The van der Waals surface area contributed by atoms with Crippen LogP contribution >= 0.6 is 45.2 Å². The molecule has 2 heterocycles. The lowest BCUT2D eigenvalue weighted by atomic mass is 10.1. The van der Waals surface area contributed by atoms with E-state index in [1.54, 1.807) is 24.3 Å². The summed E-state index contributed by atoms with van der Waals surface area (Å²) in [6.45, 7) is 2.64. The summed E-state index contributed by atoms with van der Waals surface area (Å²) in [6, 6.07) is 15.3. The highest BCUT2D eigenvalue weighted by molar-refractivity contribution is 14.1. The van der Waals surface area contributed by atoms with Gasteiger partial charge in [-0.05, 0) is 106 Å². The second-order valence-corrected chi connectivity index (χ2v) is 10.6. The number of rotatable bonds is 7. The lowest BCUT2D eigenvalue weighted by Crippen LogP contribution is -2.54. The lowest BCUT2D eigenvalue weighted by molar-refractivity contribution is -0.122. The zero-order valence-corrected chi connectivity index (χ0v) is 24.3. The Morgan fingerprint density at radius 1 is 0.974 bits per heavy atom. The van der Waals surface area contributed by atoms with E-state index in [1.807, 2.05) is 31.2 Å². The molecule has 3 aromatic rings. The summed E-state index contributed by atoms with van der Waals surface area (Å²) in [4.78, 5) is 39.5. The second kappa shape index (κ2) is 11.2. The Kier molecular flexibility index (Phi) is 7.74. The van der Waals surface area contributed by atoms with Crippen LogP contribution in [0.25, 0.3) is 6.08 Å². The zero-order valence-electron chi connectivity index (χ0n) is 20.0. The number of imide groups is 2. The smallest absolute Gasteiger partial charge is 0.335 e. The number of ether oxygens (including phenoxy) is 4. The molecule has 0 radical (unpaired) electrons. The van der Waals surface area contributed by atoms with Crippen molar-refractivity contribution in [2.75, 3.05) is 18.3 Å². The van der Waals surface area contributed by atoms with Crippen LogP contribution in [0.2, 0.25) is 0 Å². The van der Waals surface area contributed by atoms with E-state index in [-0.39, 0.29) is 18.1 Å². The zero-order chi connectivity index (χ0) is 26.8. The van der Waals surface area contributed by atoms with Gasteiger partial charge >= 0.3 is 6.03 Å². The predicted octanol–water partition coefficient (Wildman–Crippen LogP) is 5.27. The molecule has 4 amide bonds. The Bertz CT molecular complexity index is 1470. The van der Waals surface area contributed by atoms with Crippen molar-refractivity contribution in [3.8, 4) is 23.0 Å². The van der Waals surface area contributed by atoms with Gasteiger partial charge < -0.3 is 18.9 Å². The van der Waals surface area contributed by atoms with Crippen molar-refractivity contribution >= 4 is 74.8 Å². The fourth-order valence-electron chi connectivity index (χ4n) is 3.89. The first kappa shape index (κ1) is 26.3. The molecule has 11 heteroatoms. The molecule has 2 aliphatic rings. The molecule has 3 aromatic carbocycles. The average Bonchev–Trinajstić information content (AvgIpc) is 3.35.